The molecule has 1 aromatic carbocycles. The molecule has 2 bridgehead atoms. The minimum Gasteiger partial charge on any atom is -0.481 e. The number of carbonyl (C=O) groups is 1. The quantitative estimate of drug-likeness (QED) is 0.856. The normalized spacial score (nSPS) is 35.8. The summed E-state index contributed by atoms with van der Waals surface area (Å²) in [4.78, 5) is 11.2. The van der Waals surface area contributed by atoms with Crippen molar-refractivity contribution in [2.75, 3.05) is 0 Å². The molecule has 0 unspecified atom stereocenters. The Kier molecular flexibility index (Phi) is 1.91. The molecular formula is C13H13ClO2. The number of benzene rings is 1. The van der Waals surface area contributed by atoms with Crippen molar-refractivity contribution in [2.24, 2.45) is 5.41 Å². The van der Waals surface area contributed by atoms with Gasteiger partial charge < -0.3 is 5.11 Å². The predicted molar refractivity (Wildman–Crippen MR) is 61.7 cm³/mol. The first-order valence-corrected chi connectivity index (χ1v) is 5.94. The van der Waals surface area contributed by atoms with E-state index in [9.17, 15) is 9.90 Å². The highest BCUT2D eigenvalue weighted by molar-refractivity contribution is 6.31. The third kappa shape index (κ3) is 1.11. The van der Waals surface area contributed by atoms with Gasteiger partial charge in [0.05, 0.1) is 5.41 Å². The van der Waals surface area contributed by atoms with E-state index in [-0.39, 0.29) is 5.41 Å². The Balaban J connectivity index is 1.96. The van der Waals surface area contributed by atoms with Gasteiger partial charge in [-0.05, 0) is 42.7 Å². The molecular weight excluding hydrogens is 224 g/mol. The van der Waals surface area contributed by atoms with Gasteiger partial charge in [-0.25, -0.2) is 0 Å². The zero-order valence-corrected chi connectivity index (χ0v) is 9.63. The predicted octanol–water partition coefficient (Wildman–Crippen LogP) is 3.24. The van der Waals surface area contributed by atoms with Crippen LogP contribution in [0.5, 0.6) is 0 Å². The minimum absolute atomic E-state index is 0.0523. The summed E-state index contributed by atoms with van der Waals surface area (Å²) in [6.07, 6.45) is 3.29. The number of hydrogen-bond donors (Lipinski definition) is 1. The van der Waals surface area contributed by atoms with E-state index in [0.29, 0.717) is 0 Å². The number of carboxylic acid groups (broad SMARTS) is 1. The Morgan fingerprint density at radius 3 is 2.50 bits per heavy atom. The van der Waals surface area contributed by atoms with Gasteiger partial charge in [0, 0.05) is 5.02 Å². The van der Waals surface area contributed by atoms with E-state index in [4.69, 9.17) is 11.6 Å². The number of hydrogen-bond acceptors (Lipinski definition) is 1. The van der Waals surface area contributed by atoms with Crippen molar-refractivity contribution in [3.63, 3.8) is 0 Å². The maximum absolute atomic E-state index is 11.2. The van der Waals surface area contributed by atoms with Crippen LogP contribution < -0.4 is 0 Å². The van der Waals surface area contributed by atoms with Gasteiger partial charge in [-0.2, -0.15) is 0 Å². The van der Waals surface area contributed by atoms with Gasteiger partial charge in [-0.3, -0.25) is 4.79 Å². The Morgan fingerprint density at radius 2 is 1.94 bits per heavy atom. The van der Waals surface area contributed by atoms with Crippen molar-refractivity contribution in [3.05, 3.63) is 34.9 Å². The maximum Gasteiger partial charge on any atom is 0.309 e. The van der Waals surface area contributed by atoms with Crippen LogP contribution in [0.4, 0.5) is 0 Å². The molecule has 0 aliphatic heterocycles. The van der Waals surface area contributed by atoms with E-state index in [2.05, 4.69) is 0 Å². The monoisotopic (exact) mass is 236 g/mol. The standard InChI is InChI=1S/C13H13ClO2/c14-10-4-2-1-3-9(10)12-5-6-13(7-12,8-12)11(15)16/h1-4H,5-8H2,(H,15,16). The van der Waals surface area contributed by atoms with Crippen molar-refractivity contribution in [2.45, 2.75) is 31.1 Å². The molecule has 1 aromatic rings. The molecule has 3 fully saturated rings. The van der Waals surface area contributed by atoms with E-state index in [1.165, 1.54) is 0 Å². The van der Waals surface area contributed by atoms with Crippen molar-refractivity contribution in [1.29, 1.82) is 0 Å². The van der Waals surface area contributed by atoms with Crippen LogP contribution >= 0.6 is 11.6 Å². The number of halogens is 1. The summed E-state index contributed by atoms with van der Waals surface area (Å²) in [5.74, 6) is -0.632. The van der Waals surface area contributed by atoms with Crippen LogP contribution in [-0.2, 0) is 10.2 Å². The second kappa shape index (κ2) is 3.01. The highest BCUT2D eigenvalue weighted by Crippen LogP contribution is 2.68. The molecule has 2 nitrogen and oxygen atoms in total. The number of fused-ring (bicyclic) bond motifs is 1. The molecule has 4 rings (SSSR count). The van der Waals surface area contributed by atoms with Gasteiger partial charge in [-0.15, -0.1) is 0 Å². The molecule has 1 N–H and O–H groups in total. The molecule has 3 aliphatic rings. The van der Waals surface area contributed by atoms with Crippen molar-refractivity contribution in [3.8, 4) is 0 Å². The summed E-state index contributed by atoms with van der Waals surface area (Å²) in [6, 6.07) is 7.83. The van der Waals surface area contributed by atoms with Gasteiger partial charge >= 0.3 is 5.97 Å². The Labute approximate surface area is 99.2 Å². The smallest absolute Gasteiger partial charge is 0.309 e. The van der Waals surface area contributed by atoms with E-state index >= 15 is 0 Å². The maximum atomic E-state index is 11.2. The summed E-state index contributed by atoms with van der Waals surface area (Å²) < 4.78 is 0. The molecule has 0 amide bonds. The molecule has 0 spiro atoms. The number of carboxylic acids is 1. The van der Waals surface area contributed by atoms with Crippen LogP contribution in [0.2, 0.25) is 5.02 Å². The van der Waals surface area contributed by atoms with Crippen LogP contribution in [0.3, 0.4) is 0 Å². The van der Waals surface area contributed by atoms with Crippen molar-refractivity contribution < 1.29 is 9.90 Å². The van der Waals surface area contributed by atoms with Crippen LogP contribution in [0, 0.1) is 5.41 Å². The Morgan fingerprint density at radius 1 is 1.25 bits per heavy atom. The van der Waals surface area contributed by atoms with Gasteiger partial charge in [0.25, 0.3) is 0 Å². The Hall–Kier alpha value is -1.02. The number of aliphatic carboxylic acids is 1. The van der Waals surface area contributed by atoms with Crippen LogP contribution in [-0.4, -0.2) is 11.1 Å². The van der Waals surface area contributed by atoms with Crippen LogP contribution in [0.15, 0.2) is 24.3 Å². The second-order valence-electron chi connectivity index (χ2n) is 5.20. The zero-order chi connectivity index (χ0) is 11.4. The van der Waals surface area contributed by atoms with Crippen LogP contribution in [0.1, 0.15) is 31.2 Å². The second-order valence-corrected chi connectivity index (χ2v) is 5.61. The van der Waals surface area contributed by atoms with Gasteiger partial charge in [-0.1, -0.05) is 29.8 Å². The lowest BCUT2D eigenvalue weighted by Crippen LogP contribution is -2.45. The van der Waals surface area contributed by atoms with Crippen molar-refractivity contribution in [1.82, 2.24) is 0 Å². The van der Waals surface area contributed by atoms with E-state index in [1.807, 2.05) is 24.3 Å². The molecule has 0 radical (unpaired) electrons. The molecule has 16 heavy (non-hydrogen) atoms. The third-order valence-corrected chi connectivity index (χ3v) is 4.66. The molecule has 3 aliphatic carbocycles. The molecule has 0 saturated heterocycles. The first-order chi connectivity index (χ1) is 7.58. The first-order valence-electron chi connectivity index (χ1n) is 5.57. The SMILES string of the molecule is O=C(O)C12CCC(c3ccccc3Cl)(C1)C2. The molecule has 0 heterocycles. The average Bonchev–Trinajstić information content (AvgIpc) is 2.74. The summed E-state index contributed by atoms with van der Waals surface area (Å²) >= 11 is 6.20. The fourth-order valence-electron chi connectivity index (χ4n) is 3.55. The first kappa shape index (κ1) is 10.2. The summed E-state index contributed by atoms with van der Waals surface area (Å²) in [6.45, 7) is 0. The summed E-state index contributed by atoms with van der Waals surface area (Å²) in [5, 5.41) is 9.99. The molecule has 0 aromatic heterocycles. The highest BCUT2D eigenvalue weighted by atomic mass is 35.5. The van der Waals surface area contributed by atoms with E-state index in [0.717, 1.165) is 36.3 Å². The van der Waals surface area contributed by atoms with E-state index in [1.54, 1.807) is 0 Å². The number of rotatable bonds is 2. The van der Waals surface area contributed by atoms with Crippen molar-refractivity contribution >= 4 is 17.6 Å². The minimum atomic E-state index is -0.632. The Bertz CT molecular complexity index is 461. The largest absolute Gasteiger partial charge is 0.481 e. The lowest BCUT2D eigenvalue weighted by Gasteiger charge is -2.45. The molecule has 84 valence electrons. The highest BCUT2D eigenvalue weighted by Gasteiger charge is 2.65. The van der Waals surface area contributed by atoms with E-state index < -0.39 is 11.4 Å². The zero-order valence-electron chi connectivity index (χ0n) is 8.87. The topological polar surface area (TPSA) is 37.3 Å². The summed E-state index contributed by atoms with van der Waals surface area (Å²) in [7, 11) is 0. The fraction of sp³-hybridized carbons (Fsp3) is 0.462. The van der Waals surface area contributed by atoms with Crippen LogP contribution in [0.25, 0.3) is 0 Å². The molecule has 3 heteroatoms. The van der Waals surface area contributed by atoms with Gasteiger partial charge in [0.15, 0.2) is 0 Å². The summed E-state index contributed by atoms with van der Waals surface area (Å²) in [5.41, 5.74) is 0.752. The van der Waals surface area contributed by atoms with Gasteiger partial charge in [0.2, 0.25) is 0 Å². The average molecular weight is 237 g/mol. The third-order valence-electron chi connectivity index (χ3n) is 4.33. The fourth-order valence-corrected chi connectivity index (χ4v) is 3.89. The van der Waals surface area contributed by atoms with Gasteiger partial charge in [0.1, 0.15) is 0 Å². The lowest BCUT2D eigenvalue weighted by molar-refractivity contribution is -0.154. The molecule has 3 saturated carbocycles. The molecule has 0 atom stereocenters. The lowest BCUT2D eigenvalue weighted by atomic mass is 9.57.